The summed E-state index contributed by atoms with van der Waals surface area (Å²) >= 11 is 1.53. The van der Waals surface area contributed by atoms with Crippen molar-refractivity contribution in [3.63, 3.8) is 0 Å². The standard InChI is InChI=1S/C14H19FN2OS/c1-9(8-16-2)14(18)17-12-6-7-19-13-10(12)4-3-5-11(13)15/h3-5,9,12,16H,6-8H2,1-2H3,(H,17,18). The predicted octanol–water partition coefficient (Wildman–Crippen LogP) is 2.33. The van der Waals surface area contributed by atoms with Crippen molar-refractivity contribution in [2.24, 2.45) is 5.92 Å². The summed E-state index contributed by atoms with van der Waals surface area (Å²) in [6.45, 7) is 2.53. The van der Waals surface area contributed by atoms with Crippen LogP contribution in [0.25, 0.3) is 0 Å². The minimum absolute atomic E-state index is 0.0152. The van der Waals surface area contributed by atoms with Crippen LogP contribution in [0.4, 0.5) is 4.39 Å². The molecule has 5 heteroatoms. The molecule has 2 N–H and O–H groups in total. The Labute approximate surface area is 117 Å². The zero-order valence-corrected chi connectivity index (χ0v) is 12.0. The Morgan fingerprint density at radius 3 is 3.11 bits per heavy atom. The third-order valence-corrected chi connectivity index (χ3v) is 4.46. The fraction of sp³-hybridized carbons (Fsp3) is 0.500. The van der Waals surface area contributed by atoms with Crippen LogP contribution in [0.1, 0.15) is 24.9 Å². The van der Waals surface area contributed by atoms with Gasteiger partial charge in [0.15, 0.2) is 0 Å². The molecule has 1 heterocycles. The topological polar surface area (TPSA) is 41.1 Å². The number of rotatable bonds is 4. The normalized spacial score (nSPS) is 19.6. The molecule has 0 saturated heterocycles. The molecule has 0 radical (unpaired) electrons. The lowest BCUT2D eigenvalue weighted by molar-refractivity contribution is -0.125. The van der Waals surface area contributed by atoms with Gasteiger partial charge in [0.05, 0.1) is 6.04 Å². The minimum atomic E-state index is -0.190. The highest BCUT2D eigenvalue weighted by molar-refractivity contribution is 7.99. The van der Waals surface area contributed by atoms with E-state index in [0.29, 0.717) is 11.4 Å². The molecule has 0 aliphatic carbocycles. The first-order chi connectivity index (χ1) is 9.13. The second-order valence-electron chi connectivity index (χ2n) is 4.82. The fourth-order valence-corrected chi connectivity index (χ4v) is 3.39. The number of thioether (sulfide) groups is 1. The van der Waals surface area contributed by atoms with Crippen LogP contribution in [-0.2, 0) is 4.79 Å². The number of hydrogen-bond donors (Lipinski definition) is 2. The maximum Gasteiger partial charge on any atom is 0.224 e. The molecular formula is C14H19FN2OS. The molecule has 1 aromatic carbocycles. The summed E-state index contributed by atoms with van der Waals surface area (Å²) < 4.78 is 13.7. The highest BCUT2D eigenvalue weighted by Gasteiger charge is 2.25. The maximum absolute atomic E-state index is 13.7. The molecule has 0 saturated carbocycles. The van der Waals surface area contributed by atoms with E-state index in [1.165, 1.54) is 17.8 Å². The van der Waals surface area contributed by atoms with Crippen LogP contribution in [0.5, 0.6) is 0 Å². The average Bonchev–Trinajstić information content (AvgIpc) is 2.40. The number of nitrogens with one attached hydrogen (secondary N) is 2. The van der Waals surface area contributed by atoms with E-state index >= 15 is 0 Å². The van der Waals surface area contributed by atoms with Crippen LogP contribution >= 0.6 is 11.8 Å². The molecule has 19 heavy (non-hydrogen) atoms. The van der Waals surface area contributed by atoms with E-state index in [1.54, 1.807) is 6.07 Å². The molecular weight excluding hydrogens is 263 g/mol. The fourth-order valence-electron chi connectivity index (χ4n) is 2.25. The van der Waals surface area contributed by atoms with Crippen molar-refractivity contribution in [2.75, 3.05) is 19.3 Å². The van der Waals surface area contributed by atoms with E-state index in [2.05, 4.69) is 10.6 Å². The molecule has 3 nitrogen and oxygen atoms in total. The van der Waals surface area contributed by atoms with Gasteiger partial charge in [-0.2, -0.15) is 0 Å². The van der Waals surface area contributed by atoms with Crippen LogP contribution < -0.4 is 10.6 Å². The molecule has 0 spiro atoms. The second-order valence-corrected chi connectivity index (χ2v) is 5.92. The minimum Gasteiger partial charge on any atom is -0.349 e. The number of halogens is 1. The van der Waals surface area contributed by atoms with Gasteiger partial charge >= 0.3 is 0 Å². The Morgan fingerprint density at radius 2 is 2.37 bits per heavy atom. The smallest absolute Gasteiger partial charge is 0.224 e. The lowest BCUT2D eigenvalue weighted by atomic mass is 10.0. The molecule has 2 atom stereocenters. The molecule has 2 rings (SSSR count). The highest BCUT2D eigenvalue weighted by Crippen LogP contribution is 2.37. The average molecular weight is 282 g/mol. The number of amides is 1. The third-order valence-electron chi connectivity index (χ3n) is 3.30. The monoisotopic (exact) mass is 282 g/mol. The van der Waals surface area contributed by atoms with Crippen molar-refractivity contribution >= 4 is 17.7 Å². The van der Waals surface area contributed by atoms with Crippen molar-refractivity contribution in [3.05, 3.63) is 29.6 Å². The van der Waals surface area contributed by atoms with E-state index in [1.807, 2.05) is 20.0 Å². The van der Waals surface area contributed by atoms with Gasteiger partial charge in [-0.05, 0) is 25.1 Å². The summed E-state index contributed by atoms with van der Waals surface area (Å²) in [5, 5.41) is 6.02. The summed E-state index contributed by atoms with van der Waals surface area (Å²) in [6, 6.07) is 5.01. The quantitative estimate of drug-likeness (QED) is 0.890. The van der Waals surface area contributed by atoms with Crippen molar-refractivity contribution in [2.45, 2.75) is 24.3 Å². The molecule has 0 bridgehead atoms. The van der Waals surface area contributed by atoms with Crippen molar-refractivity contribution in [3.8, 4) is 0 Å². The first kappa shape index (κ1) is 14.3. The van der Waals surface area contributed by atoms with Gasteiger partial charge in [-0.25, -0.2) is 4.39 Å². The summed E-state index contributed by atoms with van der Waals surface area (Å²) in [7, 11) is 1.83. The van der Waals surface area contributed by atoms with Gasteiger partial charge in [0.2, 0.25) is 5.91 Å². The summed E-state index contributed by atoms with van der Waals surface area (Å²) in [6.07, 6.45) is 0.846. The third kappa shape index (κ3) is 3.28. The van der Waals surface area contributed by atoms with Crippen molar-refractivity contribution in [1.29, 1.82) is 0 Å². The van der Waals surface area contributed by atoms with Crippen LogP contribution in [0.15, 0.2) is 23.1 Å². The van der Waals surface area contributed by atoms with Crippen LogP contribution in [-0.4, -0.2) is 25.3 Å². The maximum atomic E-state index is 13.7. The van der Waals surface area contributed by atoms with E-state index < -0.39 is 0 Å². The van der Waals surface area contributed by atoms with Crippen LogP contribution in [0, 0.1) is 11.7 Å². The van der Waals surface area contributed by atoms with E-state index in [4.69, 9.17) is 0 Å². The van der Waals surface area contributed by atoms with Gasteiger partial charge in [0.1, 0.15) is 5.82 Å². The molecule has 2 unspecified atom stereocenters. The number of carbonyl (C=O) groups is 1. The largest absolute Gasteiger partial charge is 0.349 e. The first-order valence-corrected chi connectivity index (χ1v) is 7.48. The number of benzene rings is 1. The van der Waals surface area contributed by atoms with E-state index in [9.17, 15) is 9.18 Å². The van der Waals surface area contributed by atoms with Gasteiger partial charge in [-0.15, -0.1) is 11.8 Å². The molecule has 0 aromatic heterocycles. The lowest BCUT2D eigenvalue weighted by Gasteiger charge is -2.27. The zero-order valence-electron chi connectivity index (χ0n) is 11.2. The van der Waals surface area contributed by atoms with E-state index in [0.717, 1.165) is 17.7 Å². The van der Waals surface area contributed by atoms with Gasteiger partial charge in [0, 0.05) is 23.1 Å². The number of hydrogen-bond acceptors (Lipinski definition) is 3. The first-order valence-electron chi connectivity index (χ1n) is 6.49. The molecule has 1 aliphatic rings. The Bertz CT molecular complexity index is 467. The number of fused-ring (bicyclic) bond motifs is 1. The van der Waals surface area contributed by atoms with Crippen molar-refractivity contribution in [1.82, 2.24) is 10.6 Å². The van der Waals surface area contributed by atoms with Gasteiger partial charge in [-0.1, -0.05) is 19.1 Å². The molecule has 104 valence electrons. The summed E-state index contributed by atoms with van der Waals surface area (Å²) in [5.41, 5.74) is 0.904. The van der Waals surface area contributed by atoms with Crippen LogP contribution in [0.2, 0.25) is 0 Å². The molecule has 1 aliphatic heterocycles. The van der Waals surface area contributed by atoms with Gasteiger partial charge in [-0.3, -0.25) is 4.79 Å². The number of carbonyl (C=O) groups excluding carboxylic acids is 1. The molecule has 1 aromatic rings. The lowest BCUT2D eigenvalue weighted by Crippen LogP contribution is -2.37. The van der Waals surface area contributed by atoms with Crippen molar-refractivity contribution < 1.29 is 9.18 Å². The Morgan fingerprint density at radius 1 is 1.58 bits per heavy atom. The summed E-state index contributed by atoms with van der Waals surface area (Å²) in [4.78, 5) is 12.7. The second kappa shape index (κ2) is 6.39. The predicted molar refractivity (Wildman–Crippen MR) is 75.7 cm³/mol. The molecule has 0 fully saturated rings. The Hall–Kier alpha value is -1.07. The Balaban J connectivity index is 2.12. The zero-order chi connectivity index (χ0) is 13.8. The highest BCUT2D eigenvalue weighted by atomic mass is 32.2. The Kier molecular flexibility index (Phi) is 4.82. The van der Waals surface area contributed by atoms with Gasteiger partial charge < -0.3 is 10.6 Å². The SMILES string of the molecule is CNCC(C)C(=O)NC1CCSc2c(F)cccc21. The van der Waals surface area contributed by atoms with E-state index in [-0.39, 0.29) is 23.7 Å². The van der Waals surface area contributed by atoms with Gasteiger partial charge in [0.25, 0.3) is 0 Å². The van der Waals surface area contributed by atoms with Crippen LogP contribution in [0.3, 0.4) is 0 Å². The summed E-state index contributed by atoms with van der Waals surface area (Å²) in [5.74, 6) is 0.571. The molecule has 1 amide bonds.